The summed E-state index contributed by atoms with van der Waals surface area (Å²) in [5.41, 5.74) is -0.683. The highest BCUT2D eigenvalue weighted by Gasteiger charge is 2.45. The Hall–Kier alpha value is -3.93. The van der Waals surface area contributed by atoms with Gasteiger partial charge in [0.25, 0.3) is 5.91 Å². The van der Waals surface area contributed by atoms with E-state index in [-0.39, 0.29) is 28.9 Å². The molecule has 0 spiro atoms. The zero-order valence-corrected chi connectivity index (χ0v) is 20.0. The summed E-state index contributed by atoms with van der Waals surface area (Å²) < 4.78 is 93.1. The van der Waals surface area contributed by atoms with Crippen molar-refractivity contribution in [2.75, 3.05) is 6.54 Å². The lowest BCUT2D eigenvalue weighted by atomic mass is 9.78. The molecule has 39 heavy (non-hydrogen) atoms. The maximum absolute atomic E-state index is 14.2. The van der Waals surface area contributed by atoms with Crippen LogP contribution in [0.3, 0.4) is 0 Å². The van der Waals surface area contributed by atoms with Crippen LogP contribution in [-0.4, -0.2) is 34.5 Å². The van der Waals surface area contributed by atoms with Crippen LogP contribution in [0.5, 0.6) is 0 Å². The van der Waals surface area contributed by atoms with E-state index in [2.05, 4.69) is 0 Å². The molecule has 0 bridgehead atoms. The highest BCUT2D eigenvalue weighted by atomic mass is 19.4. The minimum Gasteiger partial charge on any atom is -0.392 e. The van der Waals surface area contributed by atoms with E-state index in [1.807, 2.05) is 5.32 Å². The maximum atomic E-state index is 14.2. The first-order chi connectivity index (χ1) is 18.3. The number of fused-ring (bicyclic) bond motifs is 1. The van der Waals surface area contributed by atoms with Crippen molar-refractivity contribution in [3.05, 3.63) is 106 Å². The molecule has 0 saturated heterocycles. The molecule has 0 fully saturated rings. The van der Waals surface area contributed by atoms with Crippen LogP contribution in [0.2, 0.25) is 0 Å². The molecule has 0 radical (unpaired) electrons. The van der Waals surface area contributed by atoms with Gasteiger partial charge in [0.1, 0.15) is 12.4 Å². The van der Waals surface area contributed by atoms with Crippen molar-refractivity contribution >= 4 is 11.8 Å². The minimum atomic E-state index is -4.88. The second-order valence-electron chi connectivity index (χ2n) is 9.02. The quantitative estimate of drug-likeness (QED) is 0.396. The molecule has 2 N–H and O–H groups in total. The minimum absolute atomic E-state index is 0.0275. The summed E-state index contributed by atoms with van der Waals surface area (Å²) in [6.45, 7) is -2.56. The summed E-state index contributed by atoms with van der Waals surface area (Å²) in [4.78, 5) is 27.9. The third-order valence-corrected chi connectivity index (χ3v) is 6.33. The fourth-order valence-electron chi connectivity index (χ4n) is 4.64. The van der Waals surface area contributed by atoms with Crippen LogP contribution in [0.25, 0.3) is 0 Å². The first-order valence-corrected chi connectivity index (χ1v) is 11.6. The van der Waals surface area contributed by atoms with Gasteiger partial charge in [-0.1, -0.05) is 42.5 Å². The Labute approximate surface area is 217 Å². The molecule has 3 aromatic rings. The van der Waals surface area contributed by atoms with Crippen LogP contribution in [-0.2, 0) is 24.1 Å². The molecule has 2 atom stereocenters. The largest absolute Gasteiger partial charge is 0.416 e. The Bertz CT molecular complexity index is 1370. The number of amides is 2. The van der Waals surface area contributed by atoms with Gasteiger partial charge in [-0.05, 0) is 46.5 Å². The molecule has 1 aliphatic heterocycles. The van der Waals surface area contributed by atoms with Gasteiger partial charge in [-0.15, -0.1) is 0 Å². The number of carbonyl (C=O) groups is 2. The lowest BCUT2D eigenvalue weighted by Gasteiger charge is -2.42. The number of alkyl halides is 6. The zero-order chi connectivity index (χ0) is 28.5. The Morgan fingerprint density at radius 1 is 0.923 bits per heavy atom. The first-order valence-electron chi connectivity index (χ1n) is 11.6. The number of rotatable bonds is 6. The average molecular weight is 554 g/mol. The summed E-state index contributed by atoms with van der Waals surface area (Å²) in [6.07, 6.45) is -9.61. The molecule has 0 saturated carbocycles. The summed E-state index contributed by atoms with van der Waals surface area (Å²) in [5, 5.41) is 11.2. The van der Waals surface area contributed by atoms with Crippen LogP contribution >= 0.6 is 0 Å². The molecule has 12 heteroatoms. The van der Waals surface area contributed by atoms with Gasteiger partial charge in [-0.3, -0.25) is 9.59 Å². The van der Waals surface area contributed by atoms with Crippen LogP contribution in [0, 0.1) is 5.82 Å². The Balaban J connectivity index is 1.86. The summed E-state index contributed by atoms with van der Waals surface area (Å²) in [6, 6.07) is 12.1. The van der Waals surface area contributed by atoms with E-state index in [0.29, 0.717) is 17.7 Å². The van der Waals surface area contributed by atoms with Crippen molar-refractivity contribution in [1.82, 2.24) is 10.2 Å². The van der Waals surface area contributed by atoms with Gasteiger partial charge < -0.3 is 15.3 Å². The van der Waals surface area contributed by atoms with Crippen LogP contribution in [0.15, 0.2) is 66.7 Å². The molecule has 2 amide bonds. The predicted octanol–water partition coefficient (Wildman–Crippen LogP) is 5.50. The van der Waals surface area contributed by atoms with Crippen molar-refractivity contribution < 1.29 is 45.4 Å². The third-order valence-electron chi connectivity index (χ3n) is 6.33. The molecule has 0 aromatic heterocycles. The van der Waals surface area contributed by atoms with Gasteiger partial charge >= 0.3 is 12.4 Å². The van der Waals surface area contributed by atoms with E-state index in [0.717, 1.165) is 11.0 Å². The van der Waals surface area contributed by atoms with E-state index in [1.54, 1.807) is 0 Å². The molecule has 0 aliphatic carbocycles. The van der Waals surface area contributed by atoms with Crippen molar-refractivity contribution in [2.24, 2.45) is 0 Å². The topological polar surface area (TPSA) is 69.6 Å². The number of carbonyl (C=O) groups excluding carboxylic acids is 2. The van der Waals surface area contributed by atoms with Crippen LogP contribution in [0.4, 0.5) is 30.7 Å². The second-order valence-corrected chi connectivity index (χ2v) is 9.02. The number of benzene rings is 3. The number of aliphatic hydroxyl groups excluding tert-OH is 1. The summed E-state index contributed by atoms with van der Waals surface area (Å²) >= 11 is 0. The lowest BCUT2D eigenvalue weighted by molar-refractivity contribution is -0.140. The molecule has 5 nitrogen and oxygen atoms in total. The van der Waals surface area contributed by atoms with E-state index >= 15 is 0 Å². The van der Waals surface area contributed by atoms with E-state index in [4.69, 9.17) is 0 Å². The van der Waals surface area contributed by atoms with Crippen LogP contribution < -0.4 is 5.32 Å². The first kappa shape index (κ1) is 28.1. The SMILES string of the molecule is O=C(NCC(F)(F)F)[C@@H]1c2ccccc2C(=O)N(Cc2cc(F)cc(C(F)(F)F)c2)[C@H]1c1ccc(CO)cc1. The molecular formula is C27H21F7N2O3. The lowest BCUT2D eigenvalue weighted by Crippen LogP contribution is -2.48. The molecule has 206 valence electrons. The highest BCUT2D eigenvalue weighted by Crippen LogP contribution is 2.44. The number of nitrogens with one attached hydrogen (secondary N) is 1. The molecule has 0 unspecified atom stereocenters. The van der Waals surface area contributed by atoms with E-state index < -0.39 is 60.6 Å². The molecule has 3 aromatic carbocycles. The van der Waals surface area contributed by atoms with Gasteiger partial charge in [0.2, 0.25) is 5.91 Å². The number of hydrogen-bond donors (Lipinski definition) is 2. The number of halogens is 7. The molecule has 1 heterocycles. The smallest absolute Gasteiger partial charge is 0.392 e. The van der Waals surface area contributed by atoms with Gasteiger partial charge in [0.05, 0.1) is 24.1 Å². The van der Waals surface area contributed by atoms with Gasteiger partial charge in [0.15, 0.2) is 0 Å². The zero-order valence-electron chi connectivity index (χ0n) is 20.0. The van der Waals surface area contributed by atoms with E-state index in [1.165, 1.54) is 48.5 Å². The predicted molar refractivity (Wildman–Crippen MR) is 125 cm³/mol. The molecular weight excluding hydrogens is 533 g/mol. The van der Waals surface area contributed by atoms with Crippen molar-refractivity contribution in [3.8, 4) is 0 Å². The fourth-order valence-corrected chi connectivity index (χ4v) is 4.64. The Morgan fingerprint density at radius 3 is 2.21 bits per heavy atom. The molecule has 1 aliphatic rings. The van der Waals surface area contributed by atoms with Gasteiger partial charge in [0, 0.05) is 12.1 Å². The van der Waals surface area contributed by atoms with Gasteiger partial charge in [-0.25, -0.2) is 4.39 Å². The van der Waals surface area contributed by atoms with Crippen molar-refractivity contribution in [2.45, 2.75) is 37.5 Å². The monoisotopic (exact) mass is 554 g/mol. The van der Waals surface area contributed by atoms with Crippen molar-refractivity contribution in [1.29, 1.82) is 0 Å². The summed E-state index contributed by atoms with van der Waals surface area (Å²) in [5.74, 6) is -4.37. The number of nitrogens with zero attached hydrogens (tertiary/aromatic N) is 1. The summed E-state index contributed by atoms with van der Waals surface area (Å²) in [7, 11) is 0. The Kier molecular flexibility index (Phi) is 7.69. The number of hydrogen-bond acceptors (Lipinski definition) is 3. The maximum Gasteiger partial charge on any atom is 0.416 e. The normalized spacial score (nSPS) is 17.6. The average Bonchev–Trinajstić information content (AvgIpc) is 2.87. The van der Waals surface area contributed by atoms with Crippen molar-refractivity contribution in [3.63, 3.8) is 0 Å². The van der Waals surface area contributed by atoms with E-state index in [9.17, 15) is 45.4 Å². The number of aliphatic hydroxyl groups is 1. The fraction of sp³-hybridized carbons (Fsp3) is 0.259. The Morgan fingerprint density at radius 2 is 1.59 bits per heavy atom. The highest BCUT2D eigenvalue weighted by molar-refractivity contribution is 6.01. The molecule has 4 rings (SSSR count). The standard InChI is InChI=1S/C27H21F7N2O3/c28-19-10-16(9-18(11-19)27(32,33)34)12-36-23(17-7-5-15(13-37)6-8-17)22(24(38)35-14-26(29,30)31)20-3-1-2-4-21(20)25(36)39/h1-11,22-23,37H,12-14H2,(H,35,38)/t22-,23+/m1/s1. The van der Waals surface area contributed by atoms with Crippen LogP contribution in [0.1, 0.15) is 50.1 Å². The second kappa shape index (κ2) is 10.7. The third kappa shape index (κ3) is 6.22. The van der Waals surface area contributed by atoms with Gasteiger partial charge in [-0.2, -0.15) is 26.3 Å².